The Labute approximate surface area is 162 Å². The zero-order valence-electron chi connectivity index (χ0n) is 17.4. The van der Waals surface area contributed by atoms with Crippen molar-refractivity contribution in [2.75, 3.05) is 45.7 Å². The van der Waals surface area contributed by atoms with E-state index in [1.54, 1.807) is 24.2 Å². The van der Waals surface area contributed by atoms with Gasteiger partial charge >= 0.3 is 6.09 Å². The minimum absolute atomic E-state index is 0.0412. The number of piperidine rings is 1. The minimum Gasteiger partial charge on any atom is -0.444 e. The van der Waals surface area contributed by atoms with E-state index in [-0.39, 0.29) is 12.0 Å². The summed E-state index contributed by atoms with van der Waals surface area (Å²) < 4.78 is 5.40. The standard InChI is InChI=1S/C20H32N4O3/c1-20(2,3)27-19(26)23(6)14-15-8-11-24(12-9-15)18(25)16-7-10-21-17(13-16)22(4)5/h7,10,13,15H,8-9,11-12,14H2,1-6H3. The lowest BCUT2D eigenvalue weighted by atomic mass is 9.96. The topological polar surface area (TPSA) is 66.0 Å². The molecule has 0 aliphatic carbocycles. The third kappa shape index (κ3) is 6.12. The summed E-state index contributed by atoms with van der Waals surface area (Å²) in [5.41, 5.74) is 0.176. The van der Waals surface area contributed by atoms with Crippen LogP contribution in [0, 0.1) is 5.92 Å². The molecule has 150 valence electrons. The van der Waals surface area contributed by atoms with E-state index < -0.39 is 5.60 Å². The van der Waals surface area contributed by atoms with Gasteiger partial charge in [-0.05, 0) is 51.7 Å². The Hall–Kier alpha value is -2.31. The second-order valence-corrected chi connectivity index (χ2v) is 8.39. The van der Waals surface area contributed by atoms with Crippen LogP contribution in [0.3, 0.4) is 0 Å². The van der Waals surface area contributed by atoms with E-state index in [1.165, 1.54) is 0 Å². The van der Waals surface area contributed by atoms with Gasteiger partial charge < -0.3 is 19.4 Å². The number of carbonyl (C=O) groups is 2. The van der Waals surface area contributed by atoms with Crippen molar-refractivity contribution in [3.8, 4) is 0 Å². The van der Waals surface area contributed by atoms with Crippen LogP contribution >= 0.6 is 0 Å². The highest BCUT2D eigenvalue weighted by Gasteiger charge is 2.27. The number of rotatable bonds is 4. The number of amides is 2. The molecule has 0 atom stereocenters. The van der Waals surface area contributed by atoms with Crippen LogP contribution in [0.25, 0.3) is 0 Å². The van der Waals surface area contributed by atoms with Gasteiger partial charge in [-0.3, -0.25) is 4.79 Å². The lowest BCUT2D eigenvalue weighted by Gasteiger charge is -2.34. The first-order valence-corrected chi connectivity index (χ1v) is 9.43. The highest BCUT2D eigenvalue weighted by atomic mass is 16.6. The number of anilines is 1. The van der Waals surface area contributed by atoms with Crippen LogP contribution in [0.1, 0.15) is 44.0 Å². The van der Waals surface area contributed by atoms with Crippen LogP contribution in [0.5, 0.6) is 0 Å². The number of hydrogen-bond acceptors (Lipinski definition) is 5. The number of carbonyl (C=O) groups excluding carboxylic acids is 2. The van der Waals surface area contributed by atoms with Crippen molar-refractivity contribution in [3.05, 3.63) is 23.9 Å². The van der Waals surface area contributed by atoms with E-state index in [4.69, 9.17) is 4.74 Å². The Morgan fingerprint density at radius 2 is 1.85 bits per heavy atom. The molecule has 7 nitrogen and oxygen atoms in total. The van der Waals surface area contributed by atoms with E-state index in [0.29, 0.717) is 31.1 Å². The van der Waals surface area contributed by atoms with Crippen molar-refractivity contribution in [3.63, 3.8) is 0 Å². The van der Waals surface area contributed by atoms with Crippen molar-refractivity contribution in [2.24, 2.45) is 5.92 Å². The Morgan fingerprint density at radius 3 is 2.41 bits per heavy atom. The predicted molar refractivity (Wildman–Crippen MR) is 106 cm³/mol. The molecule has 1 aliphatic heterocycles. The fourth-order valence-electron chi connectivity index (χ4n) is 3.10. The molecule has 0 bridgehead atoms. The Morgan fingerprint density at radius 1 is 1.22 bits per heavy atom. The summed E-state index contributed by atoms with van der Waals surface area (Å²) in [6.07, 6.45) is 3.13. The molecule has 0 N–H and O–H groups in total. The molecule has 1 saturated heterocycles. The molecule has 2 amide bonds. The molecule has 1 aromatic rings. The molecule has 2 heterocycles. The summed E-state index contributed by atoms with van der Waals surface area (Å²) in [6.45, 7) is 7.64. The maximum Gasteiger partial charge on any atom is 0.410 e. The smallest absolute Gasteiger partial charge is 0.410 e. The lowest BCUT2D eigenvalue weighted by molar-refractivity contribution is 0.0246. The third-order valence-corrected chi connectivity index (χ3v) is 4.59. The van der Waals surface area contributed by atoms with E-state index in [2.05, 4.69) is 4.98 Å². The Bertz CT molecular complexity index is 661. The predicted octanol–water partition coefficient (Wildman–Crippen LogP) is 2.87. The van der Waals surface area contributed by atoms with Crippen LogP contribution in [-0.4, -0.2) is 73.2 Å². The molecule has 1 aliphatic rings. The van der Waals surface area contributed by atoms with Gasteiger partial charge in [0.1, 0.15) is 11.4 Å². The van der Waals surface area contributed by atoms with Crippen LogP contribution in [0.2, 0.25) is 0 Å². The molecule has 1 aromatic heterocycles. The first-order chi connectivity index (χ1) is 12.6. The van der Waals surface area contributed by atoms with Gasteiger partial charge in [0.05, 0.1) is 0 Å². The average Bonchev–Trinajstić information content (AvgIpc) is 2.60. The number of aromatic nitrogens is 1. The first kappa shape index (κ1) is 21.0. The summed E-state index contributed by atoms with van der Waals surface area (Å²) in [6, 6.07) is 3.59. The largest absolute Gasteiger partial charge is 0.444 e. The van der Waals surface area contributed by atoms with E-state index >= 15 is 0 Å². The monoisotopic (exact) mass is 376 g/mol. The Balaban J connectivity index is 1.87. The number of ether oxygens (including phenoxy) is 1. The number of pyridine rings is 1. The van der Waals surface area contributed by atoms with Crippen molar-refractivity contribution >= 4 is 17.8 Å². The van der Waals surface area contributed by atoms with Crippen molar-refractivity contribution in [2.45, 2.75) is 39.2 Å². The van der Waals surface area contributed by atoms with E-state index in [0.717, 1.165) is 18.7 Å². The molecular formula is C20H32N4O3. The third-order valence-electron chi connectivity index (χ3n) is 4.59. The van der Waals surface area contributed by atoms with Gasteiger partial charge in [0.25, 0.3) is 5.91 Å². The van der Waals surface area contributed by atoms with Crippen LogP contribution in [0.15, 0.2) is 18.3 Å². The van der Waals surface area contributed by atoms with E-state index in [1.807, 2.05) is 50.7 Å². The SMILES string of the molecule is CN(CC1CCN(C(=O)c2ccnc(N(C)C)c2)CC1)C(=O)OC(C)(C)C. The maximum atomic E-state index is 12.8. The summed E-state index contributed by atoms with van der Waals surface area (Å²) in [5, 5.41) is 0. The van der Waals surface area contributed by atoms with Crippen LogP contribution < -0.4 is 4.90 Å². The maximum absolute atomic E-state index is 12.8. The molecule has 7 heteroatoms. The zero-order chi connectivity index (χ0) is 20.2. The molecule has 2 rings (SSSR count). The molecule has 27 heavy (non-hydrogen) atoms. The lowest BCUT2D eigenvalue weighted by Crippen LogP contribution is -2.43. The van der Waals surface area contributed by atoms with Crippen molar-refractivity contribution < 1.29 is 14.3 Å². The second-order valence-electron chi connectivity index (χ2n) is 8.39. The summed E-state index contributed by atoms with van der Waals surface area (Å²) in [4.78, 5) is 34.5. The molecule has 0 spiro atoms. The van der Waals surface area contributed by atoms with E-state index in [9.17, 15) is 9.59 Å². The van der Waals surface area contributed by atoms with Gasteiger partial charge in [-0.1, -0.05) is 0 Å². The van der Waals surface area contributed by atoms with Crippen LogP contribution in [-0.2, 0) is 4.74 Å². The Kier molecular flexibility index (Phi) is 6.68. The van der Waals surface area contributed by atoms with Crippen molar-refractivity contribution in [1.29, 1.82) is 0 Å². The normalized spacial score (nSPS) is 15.4. The molecule has 1 fully saturated rings. The van der Waals surface area contributed by atoms with Gasteiger partial charge in [-0.15, -0.1) is 0 Å². The molecule has 0 radical (unpaired) electrons. The molecule has 0 aromatic carbocycles. The average molecular weight is 377 g/mol. The van der Waals surface area contributed by atoms with Gasteiger partial charge in [-0.2, -0.15) is 0 Å². The molecule has 0 unspecified atom stereocenters. The second kappa shape index (κ2) is 8.59. The highest BCUT2D eigenvalue weighted by molar-refractivity contribution is 5.94. The number of hydrogen-bond donors (Lipinski definition) is 0. The van der Waals surface area contributed by atoms with Gasteiger partial charge in [0.15, 0.2) is 0 Å². The minimum atomic E-state index is -0.489. The fraction of sp³-hybridized carbons (Fsp3) is 0.650. The van der Waals surface area contributed by atoms with Gasteiger partial charge in [0, 0.05) is 52.5 Å². The summed E-state index contributed by atoms with van der Waals surface area (Å²) in [5.74, 6) is 1.19. The highest BCUT2D eigenvalue weighted by Crippen LogP contribution is 2.21. The molecular weight excluding hydrogens is 344 g/mol. The zero-order valence-corrected chi connectivity index (χ0v) is 17.4. The summed E-state index contributed by atoms with van der Waals surface area (Å²) >= 11 is 0. The number of nitrogens with zero attached hydrogens (tertiary/aromatic N) is 4. The van der Waals surface area contributed by atoms with Crippen molar-refractivity contribution in [1.82, 2.24) is 14.8 Å². The first-order valence-electron chi connectivity index (χ1n) is 9.43. The van der Waals surface area contributed by atoms with Gasteiger partial charge in [0.2, 0.25) is 0 Å². The fourth-order valence-corrected chi connectivity index (χ4v) is 3.10. The van der Waals surface area contributed by atoms with Crippen LogP contribution in [0.4, 0.5) is 10.6 Å². The quantitative estimate of drug-likeness (QED) is 0.808. The molecule has 0 saturated carbocycles. The number of likely N-dealkylation sites (tertiary alicyclic amines) is 1. The summed E-state index contributed by atoms with van der Waals surface area (Å²) in [7, 11) is 5.58. The van der Waals surface area contributed by atoms with Gasteiger partial charge in [-0.25, -0.2) is 9.78 Å².